The number of carbonyl (C=O) groups excluding carboxylic acids is 2. The van der Waals surface area contributed by atoms with Crippen molar-refractivity contribution in [1.82, 2.24) is 5.32 Å². The van der Waals surface area contributed by atoms with Crippen LogP contribution in [-0.4, -0.2) is 25.5 Å². The number of para-hydroxylation sites is 2. The van der Waals surface area contributed by atoms with E-state index in [0.29, 0.717) is 18.0 Å². The van der Waals surface area contributed by atoms with Crippen molar-refractivity contribution in [2.45, 2.75) is 27.2 Å². The molecular weight excluding hydrogens is 256 g/mol. The van der Waals surface area contributed by atoms with E-state index in [-0.39, 0.29) is 18.2 Å². The van der Waals surface area contributed by atoms with Crippen molar-refractivity contribution in [2.75, 3.05) is 19.0 Å². The monoisotopic (exact) mass is 278 g/mol. The summed E-state index contributed by atoms with van der Waals surface area (Å²) in [6.45, 7) is 5.81. The summed E-state index contributed by atoms with van der Waals surface area (Å²) in [5.74, 6) is 0.380. The number of rotatable bonds is 5. The Morgan fingerprint density at radius 2 is 1.85 bits per heavy atom. The van der Waals surface area contributed by atoms with E-state index in [0.717, 1.165) is 0 Å². The Hall–Kier alpha value is -2.04. The molecule has 20 heavy (non-hydrogen) atoms. The van der Waals surface area contributed by atoms with Gasteiger partial charge in [0, 0.05) is 18.4 Å². The zero-order valence-corrected chi connectivity index (χ0v) is 12.4. The highest BCUT2D eigenvalue weighted by atomic mass is 16.5. The van der Waals surface area contributed by atoms with Crippen LogP contribution in [0.3, 0.4) is 0 Å². The van der Waals surface area contributed by atoms with Gasteiger partial charge in [0.25, 0.3) is 0 Å². The first kappa shape index (κ1) is 16.0. The smallest absolute Gasteiger partial charge is 0.226 e. The molecule has 2 amide bonds. The molecule has 0 aliphatic rings. The predicted molar refractivity (Wildman–Crippen MR) is 78.7 cm³/mol. The Kier molecular flexibility index (Phi) is 5.55. The van der Waals surface area contributed by atoms with E-state index in [1.165, 1.54) is 0 Å². The zero-order valence-electron chi connectivity index (χ0n) is 12.4. The van der Waals surface area contributed by atoms with Gasteiger partial charge in [-0.25, -0.2) is 0 Å². The van der Waals surface area contributed by atoms with E-state index in [1.807, 2.05) is 32.9 Å². The molecule has 2 N–H and O–H groups in total. The van der Waals surface area contributed by atoms with Crippen LogP contribution in [0.2, 0.25) is 0 Å². The second-order valence-electron chi connectivity index (χ2n) is 5.50. The van der Waals surface area contributed by atoms with E-state index < -0.39 is 5.41 Å². The number of amides is 2. The standard InChI is InChI=1S/C15H22N2O3/c1-15(2,3)14(19)16-10-9-13(18)17-11-7-5-6-8-12(11)20-4/h5-8H,9-10H2,1-4H3,(H,16,19)(H,17,18). The van der Waals surface area contributed by atoms with Crippen molar-refractivity contribution in [3.63, 3.8) is 0 Å². The van der Waals surface area contributed by atoms with E-state index in [9.17, 15) is 9.59 Å². The summed E-state index contributed by atoms with van der Waals surface area (Å²) in [7, 11) is 1.55. The molecular formula is C15H22N2O3. The maximum Gasteiger partial charge on any atom is 0.226 e. The van der Waals surface area contributed by atoms with Crippen LogP contribution in [0.15, 0.2) is 24.3 Å². The fraction of sp³-hybridized carbons (Fsp3) is 0.467. The molecule has 110 valence electrons. The summed E-state index contributed by atoms with van der Waals surface area (Å²) in [5.41, 5.74) is 0.182. The van der Waals surface area contributed by atoms with Gasteiger partial charge in [0.15, 0.2) is 0 Å². The molecule has 0 heterocycles. The molecule has 1 rings (SSSR count). The fourth-order valence-corrected chi connectivity index (χ4v) is 1.52. The van der Waals surface area contributed by atoms with Crippen LogP contribution in [0, 0.1) is 5.41 Å². The Morgan fingerprint density at radius 3 is 2.45 bits per heavy atom. The molecule has 0 fully saturated rings. The van der Waals surface area contributed by atoms with Crippen LogP contribution in [-0.2, 0) is 9.59 Å². The van der Waals surface area contributed by atoms with Crippen LogP contribution in [0.25, 0.3) is 0 Å². The minimum absolute atomic E-state index is 0.0670. The highest BCUT2D eigenvalue weighted by Crippen LogP contribution is 2.22. The molecule has 0 bridgehead atoms. The van der Waals surface area contributed by atoms with E-state index in [4.69, 9.17) is 4.74 Å². The van der Waals surface area contributed by atoms with Crippen molar-refractivity contribution in [1.29, 1.82) is 0 Å². The lowest BCUT2D eigenvalue weighted by atomic mass is 9.96. The maximum atomic E-state index is 11.8. The van der Waals surface area contributed by atoms with Crippen LogP contribution >= 0.6 is 0 Å². The van der Waals surface area contributed by atoms with Crippen LogP contribution in [0.1, 0.15) is 27.2 Å². The lowest BCUT2D eigenvalue weighted by Gasteiger charge is -2.17. The van der Waals surface area contributed by atoms with Crippen LogP contribution < -0.4 is 15.4 Å². The van der Waals surface area contributed by atoms with Crippen LogP contribution in [0.4, 0.5) is 5.69 Å². The summed E-state index contributed by atoms with van der Waals surface area (Å²) < 4.78 is 5.15. The molecule has 0 radical (unpaired) electrons. The molecule has 5 nitrogen and oxygen atoms in total. The molecule has 0 spiro atoms. The van der Waals surface area contributed by atoms with Gasteiger partial charge in [-0.3, -0.25) is 9.59 Å². The van der Waals surface area contributed by atoms with Crippen LogP contribution in [0.5, 0.6) is 5.75 Å². The predicted octanol–water partition coefficient (Wildman–Crippen LogP) is 2.19. The first-order valence-corrected chi connectivity index (χ1v) is 6.56. The summed E-state index contributed by atoms with van der Waals surface area (Å²) in [6, 6.07) is 7.19. The van der Waals surface area contributed by atoms with Gasteiger partial charge in [0.2, 0.25) is 11.8 Å². The fourth-order valence-electron chi connectivity index (χ4n) is 1.52. The number of methoxy groups -OCH3 is 1. The quantitative estimate of drug-likeness (QED) is 0.867. The maximum absolute atomic E-state index is 11.8. The molecule has 0 unspecified atom stereocenters. The summed E-state index contributed by atoms with van der Waals surface area (Å²) in [6.07, 6.45) is 0.222. The minimum Gasteiger partial charge on any atom is -0.495 e. The Labute approximate surface area is 119 Å². The lowest BCUT2D eigenvalue weighted by Crippen LogP contribution is -2.36. The first-order valence-electron chi connectivity index (χ1n) is 6.56. The molecule has 0 aromatic heterocycles. The molecule has 1 aromatic carbocycles. The summed E-state index contributed by atoms with van der Waals surface area (Å²) in [4.78, 5) is 23.4. The van der Waals surface area contributed by atoms with Gasteiger partial charge >= 0.3 is 0 Å². The van der Waals surface area contributed by atoms with Gasteiger partial charge in [-0.1, -0.05) is 32.9 Å². The van der Waals surface area contributed by atoms with Crippen molar-refractivity contribution in [3.8, 4) is 5.75 Å². The number of carbonyl (C=O) groups is 2. The number of hydrogen-bond donors (Lipinski definition) is 2. The Morgan fingerprint density at radius 1 is 1.20 bits per heavy atom. The molecule has 0 saturated carbocycles. The molecule has 0 saturated heterocycles. The minimum atomic E-state index is -0.445. The van der Waals surface area contributed by atoms with E-state index in [1.54, 1.807) is 19.2 Å². The zero-order chi connectivity index (χ0) is 15.2. The highest BCUT2D eigenvalue weighted by molar-refractivity contribution is 5.92. The highest BCUT2D eigenvalue weighted by Gasteiger charge is 2.20. The van der Waals surface area contributed by atoms with Gasteiger partial charge in [-0.2, -0.15) is 0 Å². The van der Waals surface area contributed by atoms with E-state index in [2.05, 4.69) is 10.6 Å². The van der Waals surface area contributed by atoms with Gasteiger partial charge in [0.1, 0.15) is 5.75 Å². The lowest BCUT2D eigenvalue weighted by molar-refractivity contribution is -0.128. The number of benzene rings is 1. The second-order valence-corrected chi connectivity index (χ2v) is 5.50. The molecule has 0 atom stereocenters. The van der Waals surface area contributed by atoms with E-state index >= 15 is 0 Å². The number of anilines is 1. The second kappa shape index (κ2) is 6.93. The molecule has 5 heteroatoms. The number of ether oxygens (including phenoxy) is 1. The molecule has 0 aliphatic heterocycles. The van der Waals surface area contributed by atoms with Crippen molar-refractivity contribution in [2.24, 2.45) is 5.41 Å². The topological polar surface area (TPSA) is 67.4 Å². The molecule has 1 aromatic rings. The summed E-state index contributed by atoms with van der Waals surface area (Å²) >= 11 is 0. The Bertz CT molecular complexity index is 478. The third-order valence-electron chi connectivity index (χ3n) is 2.70. The third-order valence-corrected chi connectivity index (χ3v) is 2.70. The number of nitrogens with one attached hydrogen (secondary N) is 2. The van der Waals surface area contributed by atoms with Crippen molar-refractivity contribution in [3.05, 3.63) is 24.3 Å². The van der Waals surface area contributed by atoms with Crippen molar-refractivity contribution >= 4 is 17.5 Å². The van der Waals surface area contributed by atoms with Gasteiger partial charge in [-0.05, 0) is 12.1 Å². The average Bonchev–Trinajstić information content (AvgIpc) is 2.38. The van der Waals surface area contributed by atoms with Gasteiger partial charge in [-0.15, -0.1) is 0 Å². The summed E-state index contributed by atoms with van der Waals surface area (Å²) in [5, 5.41) is 5.50. The first-order chi connectivity index (χ1) is 9.34. The number of hydrogen-bond acceptors (Lipinski definition) is 3. The third kappa shape index (κ3) is 4.91. The largest absolute Gasteiger partial charge is 0.495 e. The van der Waals surface area contributed by atoms with Gasteiger partial charge < -0.3 is 15.4 Å². The molecule has 0 aliphatic carbocycles. The normalized spacial score (nSPS) is 10.8. The van der Waals surface area contributed by atoms with Gasteiger partial charge in [0.05, 0.1) is 12.8 Å². The Balaban J connectivity index is 2.43. The average molecular weight is 278 g/mol. The van der Waals surface area contributed by atoms with Crippen molar-refractivity contribution < 1.29 is 14.3 Å². The SMILES string of the molecule is COc1ccccc1NC(=O)CCNC(=O)C(C)(C)C.